The second kappa shape index (κ2) is 7.22. The molecule has 0 bridgehead atoms. The van der Waals surface area contributed by atoms with Crippen LogP contribution in [-0.2, 0) is 0 Å². The second-order valence-corrected chi connectivity index (χ2v) is 15.5. The van der Waals surface area contributed by atoms with E-state index in [2.05, 4.69) is 48.5 Å². The summed E-state index contributed by atoms with van der Waals surface area (Å²) in [6.45, 7) is 17.7. The summed E-state index contributed by atoms with van der Waals surface area (Å²) < 4.78 is 0. The summed E-state index contributed by atoms with van der Waals surface area (Å²) in [5.74, 6) is 1.90. The van der Waals surface area contributed by atoms with Crippen molar-refractivity contribution in [1.29, 1.82) is 0 Å². The Hall–Kier alpha value is -0.120. The Kier molecular flexibility index (Phi) is 5.38. The third-order valence-electron chi connectivity index (χ3n) is 14.1. The van der Waals surface area contributed by atoms with Crippen molar-refractivity contribution < 1.29 is 15.3 Å². The number of aliphatic hydroxyl groups excluding tert-OH is 3. The topological polar surface area (TPSA) is 60.7 Å². The van der Waals surface area contributed by atoms with Crippen molar-refractivity contribution >= 4 is 0 Å². The fourth-order valence-electron chi connectivity index (χ4n) is 11.4. The lowest BCUT2D eigenvalue weighted by Gasteiger charge is -2.75. The van der Waals surface area contributed by atoms with Crippen LogP contribution in [0.1, 0.15) is 113 Å². The molecule has 33 heavy (non-hydrogen) atoms. The van der Waals surface area contributed by atoms with E-state index in [9.17, 15) is 15.3 Å². The largest absolute Gasteiger partial charge is 0.396 e. The number of aliphatic hydroxyl groups is 3. The predicted octanol–water partition coefficient (Wildman–Crippen LogP) is 6.19. The van der Waals surface area contributed by atoms with Gasteiger partial charge in [0, 0.05) is 6.61 Å². The predicted molar refractivity (Wildman–Crippen MR) is 134 cm³/mol. The number of hydrogen-bond donors (Lipinski definition) is 3. The molecule has 0 heterocycles. The van der Waals surface area contributed by atoms with E-state index in [1.165, 1.54) is 57.8 Å². The van der Waals surface area contributed by atoms with E-state index in [1.54, 1.807) is 0 Å². The first-order chi connectivity index (χ1) is 15.2. The Balaban J connectivity index is 1.55. The van der Waals surface area contributed by atoms with Crippen LogP contribution in [-0.4, -0.2) is 34.1 Å². The van der Waals surface area contributed by atoms with E-state index >= 15 is 0 Å². The summed E-state index contributed by atoms with van der Waals surface area (Å²) in [6, 6.07) is 0. The highest BCUT2D eigenvalue weighted by Crippen LogP contribution is 2.78. The zero-order chi connectivity index (χ0) is 24.2. The SMILES string of the molecule is C[C@H]1[C@H](O)[C@H](O)C[C@@H]2[C@]1(C)CC[C@H]1[C@@]2(C)CC[C@@]2(C)[C@@H]3CC(C)(C)CC[C@]3(CO)CC[C@]12C. The molecule has 3 heteroatoms. The van der Waals surface area contributed by atoms with Gasteiger partial charge < -0.3 is 15.3 Å². The zero-order valence-electron chi connectivity index (χ0n) is 22.6. The molecular weight excluding hydrogens is 408 g/mol. The first-order valence-electron chi connectivity index (χ1n) is 14.2. The third kappa shape index (κ3) is 2.97. The average molecular weight is 461 g/mol. The van der Waals surface area contributed by atoms with Gasteiger partial charge in [0.25, 0.3) is 0 Å². The van der Waals surface area contributed by atoms with E-state index in [0.717, 1.165) is 6.42 Å². The van der Waals surface area contributed by atoms with Crippen molar-refractivity contribution in [3.63, 3.8) is 0 Å². The van der Waals surface area contributed by atoms with Crippen molar-refractivity contribution in [3.8, 4) is 0 Å². The Morgan fingerprint density at radius 1 is 0.697 bits per heavy atom. The van der Waals surface area contributed by atoms with Crippen LogP contribution < -0.4 is 0 Å². The summed E-state index contributed by atoms with van der Waals surface area (Å²) in [5.41, 5.74) is 1.38. The van der Waals surface area contributed by atoms with Crippen LogP contribution in [0.25, 0.3) is 0 Å². The molecule has 5 fully saturated rings. The van der Waals surface area contributed by atoms with Gasteiger partial charge in [0.15, 0.2) is 0 Å². The maximum atomic E-state index is 10.9. The first-order valence-corrected chi connectivity index (χ1v) is 14.2. The zero-order valence-corrected chi connectivity index (χ0v) is 22.6. The van der Waals surface area contributed by atoms with Gasteiger partial charge in [-0.2, -0.15) is 0 Å². The molecule has 0 spiro atoms. The fraction of sp³-hybridized carbons (Fsp3) is 1.00. The smallest absolute Gasteiger partial charge is 0.0829 e. The molecule has 0 radical (unpaired) electrons. The summed E-state index contributed by atoms with van der Waals surface area (Å²) in [7, 11) is 0. The van der Waals surface area contributed by atoms with Crippen molar-refractivity contribution in [2.75, 3.05) is 6.61 Å². The quantitative estimate of drug-likeness (QED) is 0.437. The van der Waals surface area contributed by atoms with Crippen molar-refractivity contribution in [2.45, 2.75) is 125 Å². The average Bonchev–Trinajstić information content (AvgIpc) is 2.76. The van der Waals surface area contributed by atoms with Crippen molar-refractivity contribution in [3.05, 3.63) is 0 Å². The maximum Gasteiger partial charge on any atom is 0.0829 e. The number of hydrogen-bond acceptors (Lipinski definition) is 3. The summed E-state index contributed by atoms with van der Waals surface area (Å²) in [6.07, 6.45) is 10.6. The van der Waals surface area contributed by atoms with Crippen molar-refractivity contribution in [2.24, 2.45) is 56.2 Å². The lowest BCUT2D eigenvalue weighted by molar-refractivity contribution is -0.275. The molecular formula is C30H52O3. The molecule has 0 aromatic rings. The molecule has 0 aliphatic heterocycles. The summed E-state index contributed by atoms with van der Waals surface area (Å²) >= 11 is 0. The van der Waals surface area contributed by atoms with Crippen LogP contribution in [0, 0.1) is 56.2 Å². The van der Waals surface area contributed by atoms with Crippen LogP contribution in [0.3, 0.4) is 0 Å². The van der Waals surface area contributed by atoms with E-state index in [1.807, 2.05) is 0 Å². The molecule has 0 unspecified atom stereocenters. The Labute approximate surface area is 203 Å². The van der Waals surface area contributed by atoms with Gasteiger partial charge in [0.1, 0.15) is 0 Å². The van der Waals surface area contributed by atoms with Crippen LogP contribution in [0.4, 0.5) is 0 Å². The number of fused-ring (bicyclic) bond motifs is 7. The normalized spacial score (nSPS) is 60.2. The molecule has 5 saturated carbocycles. The minimum atomic E-state index is -0.583. The minimum absolute atomic E-state index is 0.115. The van der Waals surface area contributed by atoms with Gasteiger partial charge >= 0.3 is 0 Å². The van der Waals surface area contributed by atoms with E-state index < -0.39 is 12.2 Å². The van der Waals surface area contributed by atoms with Gasteiger partial charge in [-0.25, -0.2) is 0 Å². The lowest BCUT2D eigenvalue weighted by Crippen LogP contribution is -2.69. The summed E-state index contributed by atoms with van der Waals surface area (Å²) in [5, 5.41) is 32.4. The first kappa shape index (κ1) is 24.6. The molecule has 5 rings (SSSR count). The van der Waals surface area contributed by atoms with Gasteiger partial charge in [-0.3, -0.25) is 0 Å². The minimum Gasteiger partial charge on any atom is -0.396 e. The Morgan fingerprint density at radius 2 is 1.30 bits per heavy atom. The highest BCUT2D eigenvalue weighted by atomic mass is 16.3. The molecule has 0 aromatic heterocycles. The van der Waals surface area contributed by atoms with Crippen LogP contribution >= 0.6 is 0 Å². The van der Waals surface area contributed by atoms with E-state index in [4.69, 9.17) is 0 Å². The molecule has 0 aromatic carbocycles. The molecule has 3 nitrogen and oxygen atoms in total. The molecule has 5 aliphatic rings. The van der Waals surface area contributed by atoms with Crippen LogP contribution in [0.2, 0.25) is 0 Å². The van der Waals surface area contributed by atoms with Gasteiger partial charge in [-0.05, 0) is 120 Å². The van der Waals surface area contributed by atoms with Gasteiger partial charge in [-0.1, -0.05) is 48.5 Å². The van der Waals surface area contributed by atoms with Gasteiger partial charge in [0.2, 0.25) is 0 Å². The fourth-order valence-corrected chi connectivity index (χ4v) is 11.4. The molecule has 11 atom stereocenters. The molecule has 3 N–H and O–H groups in total. The lowest BCUT2D eigenvalue weighted by atomic mass is 9.30. The number of rotatable bonds is 1. The van der Waals surface area contributed by atoms with Crippen LogP contribution in [0.5, 0.6) is 0 Å². The Morgan fingerprint density at radius 3 is 1.97 bits per heavy atom. The molecule has 0 amide bonds. The maximum absolute atomic E-state index is 10.9. The standard InChI is InChI=1S/C30H52O3/c1-19-24(33)20(32)16-22-26(19,4)9-8-21-27(22,5)11-12-29(7)23-17-25(2,3)10-14-30(23,18-31)15-13-28(21,29)6/h19-24,31-33H,8-18H2,1-7H3/t19-,20+,21-,22+,23-,24-,26+,27+,28+,29-,30+/m0/s1. The van der Waals surface area contributed by atoms with Gasteiger partial charge in [0.05, 0.1) is 12.2 Å². The van der Waals surface area contributed by atoms with Gasteiger partial charge in [-0.15, -0.1) is 0 Å². The third-order valence-corrected chi connectivity index (χ3v) is 14.1. The summed E-state index contributed by atoms with van der Waals surface area (Å²) in [4.78, 5) is 0. The van der Waals surface area contributed by atoms with E-state index in [0.29, 0.717) is 29.8 Å². The molecule has 0 saturated heterocycles. The van der Waals surface area contributed by atoms with Crippen molar-refractivity contribution in [1.82, 2.24) is 0 Å². The second-order valence-electron chi connectivity index (χ2n) is 15.5. The van der Waals surface area contributed by atoms with Crippen LogP contribution in [0.15, 0.2) is 0 Å². The highest BCUT2D eigenvalue weighted by molar-refractivity contribution is 5.20. The highest BCUT2D eigenvalue weighted by Gasteiger charge is 2.71. The molecule has 5 aliphatic carbocycles. The Bertz CT molecular complexity index is 793. The van der Waals surface area contributed by atoms with E-state index in [-0.39, 0.29) is 33.0 Å². The monoisotopic (exact) mass is 460 g/mol. The molecule has 190 valence electrons.